The van der Waals surface area contributed by atoms with Gasteiger partial charge in [0.2, 0.25) is 0 Å². The first kappa shape index (κ1) is 14.8. The zero-order chi connectivity index (χ0) is 14.9. The Morgan fingerprint density at radius 1 is 1.55 bits per heavy atom. The van der Waals surface area contributed by atoms with Gasteiger partial charge < -0.3 is 10.6 Å². The van der Waals surface area contributed by atoms with E-state index in [1.165, 1.54) is 0 Å². The van der Waals surface area contributed by atoms with Gasteiger partial charge in [-0.2, -0.15) is 5.10 Å². The Labute approximate surface area is 118 Å². The van der Waals surface area contributed by atoms with Crippen molar-refractivity contribution in [3.8, 4) is 0 Å². The lowest BCUT2D eigenvalue weighted by Crippen LogP contribution is -2.41. The molecule has 0 aromatic carbocycles. The molecule has 112 valence electrons. The molecule has 1 aromatic heterocycles. The van der Waals surface area contributed by atoms with Gasteiger partial charge in [-0.3, -0.25) is 9.48 Å². The number of nitrogens with zero attached hydrogens (tertiary/aromatic N) is 3. The van der Waals surface area contributed by atoms with Gasteiger partial charge in [-0.1, -0.05) is 0 Å². The summed E-state index contributed by atoms with van der Waals surface area (Å²) < 4.78 is 24.7. The van der Waals surface area contributed by atoms with Crippen molar-refractivity contribution in [3.63, 3.8) is 0 Å². The number of carbonyl (C=O) groups excluding carboxylic acids is 1. The van der Waals surface area contributed by atoms with Crippen LogP contribution in [0.5, 0.6) is 0 Å². The van der Waals surface area contributed by atoms with E-state index in [1.807, 2.05) is 13.8 Å². The van der Waals surface area contributed by atoms with Crippen molar-refractivity contribution in [2.45, 2.75) is 32.9 Å². The van der Waals surface area contributed by atoms with Gasteiger partial charge in [-0.15, -0.1) is 0 Å². The van der Waals surface area contributed by atoms with Gasteiger partial charge >= 0.3 is 0 Å². The Balaban J connectivity index is 2.23. The van der Waals surface area contributed by atoms with Gasteiger partial charge in [-0.25, -0.2) is 8.42 Å². The molecule has 7 nitrogen and oxygen atoms in total. The maximum atomic E-state index is 12.5. The summed E-state index contributed by atoms with van der Waals surface area (Å²) in [6.45, 7) is 4.80. The Hall–Kier alpha value is -1.57. The molecule has 0 saturated carbocycles. The third kappa shape index (κ3) is 2.79. The normalized spacial score (nSPS) is 21.0. The minimum atomic E-state index is -3.03. The summed E-state index contributed by atoms with van der Waals surface area (Å²) in [6.07, 6.45) is 2.10. The minimum Gasteiger partial charge on any atom is -0.396 e. The number of nitrogen functional groups attached to an aromatic ring is 1. The molecule has 8 heteroatoms. The van der Waals surface area contributed by atoms with Crippen LogP contribution in [0.1, 0.15) is 30.8 Å². The van der Waals surface area contributed by atoms with Crippen molar-refractivity contribution >= 4 is 21.4 Å². The highest BCUT2D eigenvalue weighted by atomic mass is 32.2. The van der Waals surface area contributed by atoms with E-state index in [-0.39, 0.29) is 29.1 Å². The fourth-order valence-corrected chi connectivity index (χ4v) is 4.22. The van der Waals surface area contributed by atoms with E-state index in [2.05, 4.69) is 5.10 Å². The van der Waals surface area contributed by atoms with Crippen LogP contribution in [0.15, 0.2) is 6.20 Å². The average molecular weight is 300 g/mol. The summed E-state index contributed by atoms with van der Waals surface area (Å²) in [6, 6.07) is -0.274. The molecular weight excluding hydrogens is 280 g/mol. The van der Waals surface area contributed by atoms with Crippen molar-refractivity contribution < 1.29 is 13.2 Å². The zero-order valence-electron chi connectivity index (χ0n) is 11.7. The van der Waals surface area contributed by atoms with Crippen LogP contribution in [-0.4, -0.2) is 53.1 Å². The molecule has 2 N–H and O–H groups in total. The van der Waals surface area contributed by atoms with E-state index >= 15 is 0 Å². The van der Waals surface area contributed by atoms with Crippen molar-refractivity contribution in [3.05, 3.63) is 11.9 Å². The lowest BCUT2D eigenvalue weighted by Gasteiger charge is -2.26. The van der Waals surface area contributed by atoms with Crippen LogP contribution in [0, 0.1) is 0 Å². The molecule has 1 aliphatic rings. The van der Waals surface area contributed by atoms with Crippen LogP contribution in [0.2, 0.25) is 0 Å². The molecule has 1 aliphatic heterocycles. The lowest BCUT2D eigenvalue weighted by molar-refractivity contribution is 0.0702. The number of nitrogens with two attached hydrogens (primary N) is 1. The number of rotatable bonds is 4. The lowest BCUT2D eigenvalue weighted by atomic mass is 10.2. The first-order valence-electron chi connectivity index (χ1n) is 6.72. The van der Waals surface area contributed by atoms with Crippen molar-refractivity contribution in [1.82, 2.24) is 14.7 Å². The summed E-state index contributed by atoms with van der Waals surface area (Å²) in [5, 5.41) is 4.16. The van der Waals surface area contributed by atoms with Crippen LogP contribution in [0.3, 0.4) is 0 Å². The van der Waals surface area contributed by atoms with Crippen LogP contribution in [0.4, 0.5) is 5.69 Å². The van der Waals surface area contributed by atoms with E-state index in [0.717, 1.165) is 0 Å². The van der Waals surface area contributed by atoms with Gasteiger partial charge in [0.15, 0.2) is 15.5 Å². The predicted octanol–water partition coefficient (Wildman–Crippen LogP) is 0.134. The van der Waals surface area contributed by atoms with E-state index in [1.54, 1.807) is 15.8 Å². The van der Waals surface area contributed by atoms with Gasteiger partial charge in [0.1, 0.15) is 0 Å². The Bertz CT molecular complexity index is 608. The number of amides is 1. The molecule has 1 aromatic rings. The van der Waals surface area contributed by atoms with E-state index < -0.39 is 9.84 Å². The minimum absolute atomic E-state index is 0.0287. The summed E-state index contributed by atoms with van der Waals surface area (Å²) in [5.74, 6) is -0.124. The number of aryl methyl sites for hydroxylation is 1. The number of hydrogen-bond acceptors (Lipinski definition) is 5. The van der Waals surface area contributed by atoms with Gasteiger partial charge in [0, 0.05) is 25.3 Å². The molecule has 1 amide bonds. The molecule has 1 unspecified atom stereocenters. The van der Waals surface area contributed by atoms with E-state index in [0.29, 0.717) is 25.2 Å². The third-order valence-electron chi connectivity index (χ3n) is 3.57. The molecular formula is C12H20N4O3S. The second-order valence-corrected chi connectivity index (χ2v) is 7.17. The molecule has 20 heavy (non-hydrogen) atoms. The van der Waals surface area contributed by atoms with E-state index in [4.69, 9.17) is 5.73 Å². The molecule has 1 saturated heterocycles. The summed E-state index contributed by atoms with van der Waals surface area (Å²) in [4.78, 5) is 14.1. The largest absolute Gasteiger partial charge is 0.396 e. The first-order valence-corrected chi connectivity index (χ1v) is 8.54. The molecule has 0 spiro atoms. The SMILES string of the molecule is CCN(C(=O)c1nn(CC)cc1N)C1CCS(=O)(=O)C1. The van der Waals surface area contributed by atoms with E-state index in [9.17, 15) is 13.2 Å². The quantitative estimate of drug-likeness (QED) is 0.852. The molecule has 1 atom stereocenters. The molecule has 1 fully saturated rings. The smallest absolute Gasteiger partial charge is 0.276 e. The van der Waals surface area contributed by atoms with Crippen LogP contribution in [-0.2, 0) is 16.4 Å². The Morgan fingerprint density at radius 2 is 2.25 bits per heavy atom. The number of aromatic nitrogens is 2. The fourth-order valence-electron chi connectivity index (χ4n) is 2.49. The Kier molecular flexibility index (Phi) is 4.03. The molecule has 2 rings (SSSR count). The molecule has 2 heterocycles. The van der Waals surface area contributed by atoms with Crippen molar-refractivity contribution in [1.29, 1.82) is 0 Å². The standard InChI is InChI=1S/C12H20N4O3S/c1-3-15-7-10(13)11(14-15)12(17)16(4-2)9-5-6-20(18,19)8-9/h7,9H,3-6,8,13H2,1-2H3. The van der Waals surface area contributed by atoms with Crippen LogP contribution >= 0.6 is 0 Å². The van der Waals surface area contributed by atoms with Crippen molar-refractivity contribution in [2.75, 3.05) is 23.8 Å². The number of carbonyl (C=O) groups is 1. The molecule has 0 aliphatic carbocycles. The second kappa shape index (κ2) is 5.43. The predicted molar refractivity (Wildman–Crippen MR) is 76.1 cm³/mol. The summed E-state index contributed by atoms with van der Waals surface area (Å²) >= 11 is 0. The monoisotopic (exact) mass is 300 g/mol. The highest BCUT2D eigenvalue weighted by molar-refractivity contribution is 7.91. The van der Waals surface area contributed by atoms with Gasteiger partial charge in [0.25, 0.3) is 5.91 Å². The third-order valence-corrected chi connectivity index (χ3v) is 5.32. The zero-order valence-corrected chi connectivity index (χ0v) is 12.6. The van der Waals surface area contributed by atoms with Crippen LogP contribution < -0.4 is 5.73 Å². The first-order chi connectivity index (χ1) is 9.38. The maximum Gasteiger partial charge on any atom is 0.276 e. The highest BCUT2D eigenvalue weighted by Crippen LogP contribution is 2.21. The molecule has 0 radical (unpaired) electrons. The number of sulfone groups is 1. The maximum absolute atomic E-state index is 12.5. The van der Waals surface area contributed by atoms with Crippen LogP contribution in [0.25, 0.3) is 0 Å². The Morgan fingerprint density at radius 3 is 2.70 bits per heavy atom. The average Bonchev–Trinajstić information content (AvgIpc) is 2.93. The molecule has 0 bridgehead atoms. The van der Waals surface area contributed by atoms with Gasteiger partial charge in [-0.05, 0) is 20.3 Å². The summed E-state index contributed by atoms with van der Waals surface area (Å²) in [7, 11) is -3.03. The topological polar surface area (TPSA) is 98.3 Å². The fraction of sp³-hybridized carbons (Fsp3) is 0.667. The highest BCUT2D eigenvalue weighted by Gasteiger charge is 2.35. The van der Waals surface area contributed by atoms with Gasteiger partial charge in [0.05, 0.1) is 17.2 Å². The number of anilines is 1. The number of hydrogen-bond donors (Lipinski definition) is 1. The van der Waals surface area contributed by atoms with Crippen molar-refractivity contribution in [2.24, 2.45) is 0 Å². The summed E-state index contributed by atoms with van der Waals surface area (Å²) in [5.41, 5.74) is 6.35. The second-order valence-electron chi connectivity index (χ2n) is 4.94.